The predicted octanol–water partition coefficient (Wildman–Crippen LogP) is 5.13. The molecule has 4 nitrogen and oxygen atoms in total. The van der Waals surface area contributed by atoms with Crippen LogP contribution in [0.3, 0.4) is 0 Å². The van der Waals surface area contributed by atoms with E-state index in [1.165, 1.54) is 0 Å². The van der Waals surface area contributed by atoms with E-state index in [2.05, 4.69) is 17.9 Å². The third-order valence-corrected chi connectivity index (χ3v) is 3.24. The molecule has 0 fully saturated rings. The highest BCUT2D eigenvalue weighted by Crippen LogP contribution is 2.08. The van der Waals surface area contributed by atoms with Gasteiger partial charge >= 0.3 is 5.97 Å². The molecule has 0 saturated carbocycles. The summed E-state index contributed by atoms with van der Waals surface area (Å²) >= 11 is 0. The smallest absolute Gasteiger partial charge is 0.303 e. The Kier molecular flexibility index (Phi) is 15.0. The average Bonchev–Trinajstić information content (AvgIpc) is 2.50. The maximum absolute atomic E-state index is 10.3. The van der Waals surface area contributed by atoms with Crippen molar-refractivity contribution in [2.45, 2.75) is 70.8 Å². The van der Waals surface area contributed by atoms with Crippen molar-refractivity contribution in [3.63, 3.8) is 0 Å². The van der Waals surface area contributed by atoms with E-state index in [9.17, 15) is 4.79 Å². The van der Waals surface area contributed by atoms with Crippen LogP contribution in [0.25, 0.3) is 0 Å². The lowest BCUT2D eigenvalue weighted by Gasteiger charge is -2.03. The van der Waals surface area contributed by atoms with Gasteiger partial charge in [-0.3, -0.25) is 10.1 Å². The first-order valence-corrected chi connectivity index (χ1v) is 8.21. The quantitative estimate of drug-likeness (QED) is 0.153. The van der Waals surface area contributed by atoms with E-state index >= 15 is 0 Å². The van der Waals surface area contributed by atoms with Gasteiger partial charge in [-0.1, -0.05) is 62.6 Å². The molecule has 22 heavy (non-hydrogen) atoms. The van der Waals surface area contributed by atoms with Crippen molar-refractivity contribution < 1.29 is 20.0 Å². The maximum atomic E-state index is 10.3. The molecular formula is C18H30O4. The van der Waals surface area contributed by atoms with Crippen molar-refractivity contribution in [2.24, 2.45) is 0 Å². The Labute approximate surface area is 134 Å². The Morgan fingerprint density at radius 2 is 1.77 bits per heavy atom. The largest absolute Gasteiger partial charge is 0.481 e. The highest BCUT2D eigenvalue weighted by molar-refractivity contribution is 5.66. The summed E-state index contributed by atoms with van der Waals surface area (Å²) in [4.78, 5) is 14.7. The van der Waals surface area contributed by atoms with E-state index in [1.54, 1.807) is 0 Å². The number of hydrogen-bond acceptors (Lipinski definition) is 3. The van der Waals surface area contributed by atoms with Crippen LogP contribution in [0.2, 0.25) is 0 Å². The van der Waals surface area contributed by atoms with Crippen LogP contribution in [0.5, 0.6) is 0 Å². The van der Waals surface area contributed by atoms with Gasteiger partial charge < -0.3 is 5.11 Å². The molecule has 0 aliphatic carbocycles. The molecule has 2 N–H and O–H groups in total. The number of hydrogen-bond donors (Lipinski definition) is 2. The van der Waals surface area contributed by atoms with Crippen LogP contribution in [0, 0.1) is 0 Å². The molecule has 0 aliphatic heterocycles. The standard InChI is InChI=1S/C18H30O4/c1-2-3-11-14-17(22-21)15-12-9-7-5-4-6-8-10-13-16-18(19)20/h3,7,9,11-12,15,17,21H,2,4-6,8,10,13-14,16H2,1H3,(H,19,20)/b9-7?,11-3-,15-12?/t17-/m0/s1. The molecule has 0 aromatic rings. The number of allylic oxidation sites excluding steroid dienone is 4. The molecule has 0 spiro atoms. The molecule has 0 aromatic carbocycles. The average molecular weight is 310 g/mol. The highest BCUT2D eigenvalue weighted by Gasteiger charge is 1.99. The van der Waals surface area contributed by atoms with Crippen molar-refractivity contribution in [3.8, 4) is 0 Å². The topological polar surface area (TPSA) is 66.8 Å². The number of carbonyl (C=O) groups is 1. The SMILES string of the molecule is CC/C=C\C[C@@H](C=CC=CCCCCCCCC(=O)O)OO. The lowest BCUT2D eigenvalue weighted by Crippen LogP contribution is -2.04. The first kappa shape index (κ1) is 20.6. The molecule has 0 bridgehead atoms. The van der Waals surface area contributed by atoms with Gasteiger partial charge in [-0.25, -0.2) is 4.89 Å². The number of carboxylic acid groups (broad SMARTS) is 1. The Balaban J connectivity index is 3.57. The third-order valence-electron chi connectivity index (χ3n) is 3.24. The first-order chi connectivity index (χ1) is 10.7. The van der Waals surface area contributed by atoms with E-state index < -0.39 is 5.97 Å². The second-order valence-electron chi connectivity index (χ2n) is 5.27. The molecular weight excluding hydrogens is 280 g/mol. The Morgan fingerprint density at radius 1 is 1.05 bits per heavy atom. The second-order valence-corrected chi connectivity index (χ2v) is 5.27. The molecule has 0 amide bonds. The van der Waals surface area contributed by atoms with Crippen molar-refractivity contribution in [3.05, 3.63) is 36.5 Å². The molecule has 4 heteroatoms. The Morgan fingerprint density at radius 3 is 2.45 bits per heavy atom. The normalized spacial score (nSPS) is 13.5. The zero-order valence-corrected chi connectivity index (χ0v) is 13.6. The van der Waals surface area contributed by atoms with Gasteiger partial charge in [0.15, 0.2) is 0 Å². The van der Waals surface area contributed by atoms with Gasteiger partial charge in [-0.2, -0.15) is 0 Å². The number of aliphatic carboxylic acids is 1. The summed E-state index contributed by atoms with van der Waals surface area (Å²) in [5.41, 5.74) is 0. The van der Waals surface area contributed by atoms with Crippen LogP contribution in [0.4, 0.5) is 0 Å². The molecule has 1 atom stereocenters. The van der Waals surface area contributed by atoms with Gasteiger partial charge in [0.1, 0.15) is 6.10 Å². The molecule has 0 radical (unpaired) electrons. The Hall–Kier alpha value is -1.39. The summed E-state index contributed by atoms with van der Waals surface area (Å²) in [5, 5.41) is 17.3. The summed E-state index contributed by atoms with van der Waals surface area (Å²) in [6.45, 7) is 2.07. The van der Waals surface area contributed by atoms with Crippen LogP contribution in [0.15, 0.2) is 36.5 Å². The highest BCUT2D eigenvalue weighted by atomic mass is 17.1. The van der Waals surface area contributed by atoms with Gasteiger partial charge in [0.05, 0.1) is 0 Å². The molecule has 0 saturated heterocycles. The van der Waals surface area contributed by atoms with E-state index in [1.807, 2.05) is 30.4 Å². The van der Waals surface area contributed by atoms with Crippen LogP contribution < -0.4 is 0 Å². The first-order valence-electron chi connectivity index (χ1n) is 8.21. The number of unbranched alkanes of at least 4 members (excludes halogenated alkanes) is 5. The minimum atomic E-state index is -0.704. The number of rotatable bonds is 14. The fraction of sp³-hybridized carbons (Fsp3) is 0.611. The zero-order valence-electron chi connectivity index (χ0n) is 13.6. The fourth-order valence-corrected chi connectivity index (χ4v) is 1.99. The molecule has 0 aliphatic rings. The van der Waals surface area contributed by atoms with Crippen molar-refractivity contribution in [1.82, 2.24) is 0 Å². The molecule has 0 heterocycles. The van der Waals surface area contributed by atoms with Gasteiger partial charge in [-0.05, 0) is 32.1 Å². The Bertz CT molecular complexity index is 345. The summed E-state index contributed by atoms with van der Waals surface area (Å²) in [6.07, 6.45) is 19.7. The summed E-state index contributed by atoms with van der Waals surface area (Å²) in [6, 6.07) is 0. The molecule has 0 rings (SSSR count). The molecule has 0 aromatic heterocycles. The predicted molar refractivity (Wildman–Crippen MR) is 89.8 cm³/mol. The van der Waals surface area contributed by atoms with Crippen LogP contribution in [-0.4, -0.2) is 22.4 Å². The molecule has 126 valence electrons. The van der Waals surface area contributed by atoms with E-state index in [0.29, 0.717) is 6.42 Å². The van der Waals surface area contributed by atoms with Gasteiger partial charge in [0, 0.05) is 6.42 Å². The minimum absolute atomic E-state index is 0.284. The summed E-state index contributed by atoms with van der Waals surface area (Å²) in [5.74, 6) is -0.704. The zero-order chi connectivity index (χ0) is 16.5. The molecule has 0 unspecified atom stereocenters. The van der Waals surface area contributed by atoms with Gasteiger partial charge in [-0.15, -0.1) is 0 Å². The van der Waals surface area contributed by atoms with Crippen LogP contribution in [0.1, 0.15) is 64.7 Å². The fourth-order valence-electron chi connectivity index (χ4n) is 1.99. The summed E-state index contributed by atoms with van der Waals surface area (Å²) in [7, 11) is 0. The summed E-state index contributed by atoms with van der Waals surface area (Å²) < 4.78 is 0. The lowest BCUT2D eigenvalue weighted by molar-refractivity contribution is -0.264. The number of carboxylic acids is 1. The van der Waals surface area contributed by atoms with Crippen molar-refractivity contribution >= 4 is 5.97 Å². The van der Waals surface area contributed by atoms with Crippen molar-refractivity contribution in [2.75, 3.05) is 0 Å². The van der Waals surface area contributed by atoms with E-state index in [4.69, 9.17) is 10.4 Å². The monoisotopic (exact) mass is 310 g/mol. The van der Waals surface area contributed by atoms with Crippen LogP contribution >= 0.6 is 0 Å². The van der Waals surface area contributed by atoms with Crippen LogP contribution in [-0.2, 0) is 9.68 Å². The minimum Gasteiger partial charge on any atom is -0.481 e. The maximum Gasteiger partial charge on any atom is 0.303 e. The second kappa shape index (κ2) is 16.0. The third kappa shape index (κ3) is 15.0. The lowest BCUT2D eigenvalue weighted by atomic mass is 10.1. The van der Waals surface area contributed by atoms with Crippen molar-refractivity contribution in [1.29, 1.82) is 0 Å². The van der Waals surface area contributed by atoms with E-state index in [-0.39, 0.29) is 12.5 Å². The van der Waals surface area contributed by atoms with Gasteiger partial charge in [0.25, 0.3) is 0 Å². The van der Waals surface area contributed by atoms with Gasteiger partial charge in [0.2, 0.25) is 0 Å². The van der Waals surface area contributed by atoms with E-state index in [0.717, 1.165) is 44.9 Å².